The fraction of sp³-hybridized carbons (Fsp3) is 0.269. The standard InChI is InChI=1S/C26H30N2O3S/c1-4-22-10-9-11-23(5-2)26(22)27-25(29)19-28(18-21-16-14-20(3)15-17-21)32(30,31)24-12-7-6-8-13-24/h6-17H,4-5,18-19H2,1-3H3,(H,27,29). The average molecular weight is 451 g/mol. The third-order valence-electron chi connectivity index (χ3n) is 5.44. The van der Waals surface area contributed by atoms with Crippen LogP contribution in [-0.2, 0) is 34.2 Å². The molecule has 0 aromatic heterocycles. The number of hydrogen-bond donors (Lipinski definition) is 1. The average Bonchev–Trinajstić information content (AvgIpc) is 2.80. The van der Waals surface area contributed by atoms with E-state index in [1.807, 2.05) is 63.2 Å². The van der Waals surface area contributed by atoms with Crippen molar-refractivity contribution < 1.29 is 13.2 Å². The van der Waals surface area contributed by atoms with Crippen LogP contribution in [0, 0.1) is 6.92 Å². The first-order valence-corrected chi connectivity index (χ1v) is 12.3. The summed E-state index contributed by atoms with van der Waals surface area (Å²) in [5.41, 5.74) is 4.77. The number of carbonyl (C=O) groups excluding carboxylic acids is 1. The van der Waals surface area contributed by atoms with E-state index in [1.165, 1.54) is 4.31 Å². The molecular formula is C26H30N2O3S. The van der Waals surface area contributed by atoms with Gasteiger partial charge in [0.1, 0.15) is 0 Å². The number of amides is 1. The molecule has 0 saturated heterocycles. The number of nitrogens with zero attached hydrogens (tertiary/aromatic N) is 1. The molecule has 5 nitrogen and oxygen atoms in total. The van der Waals surface area contributed by atoms with Crippen LogP contribution in [0.4, 0.5) is 5.69 Å². The molecule has 0 aliphatic carbocycles. The fourth-order valence-electron chi connectivity index (χ4n) is 3.61. The minimum Gasteiger partial charge on any atom is -0.324 e. The molecule has 1 amide bonds. The molecule has 0 heterocycles. The van der Waals surface area contributed by atoms with Gasteiger partial charge in [0.05, 0.1) is 11.4 Å². The summed E-state index contributed by atoms with van der Waals surface area (Å²) in [4.78, 5) is 13.2. The molecule has 3 aromatic rings. The van der Waals surface area contributed by atoms with Crippen LogP contribution in [-0.4, -0.2) is 25.2 Å². The first kappa shape index (κ1) is 23.7. The highest BCUT2D eigenvalue weighted by Gasteiger charge is 2.27. The van der Waals surface area contributed by atoms with E-state index in [-0.39, 0.29) is 23.9 Å². The summed E-state index contributed by atoms with van der Waals surface area (Å²) in [5, 5.41) is 2.98. The molecule has 0 saturated carbocycles. The summed E-state index contributed by atoms with van der Waals surface area (Å²) in [6, 6.07) is 21.9. The zero-order valence-corrected chi connectivity index (χ0v) is 19.7. The van der Waals surface area contributed by atoms with Gasteiger partial charge in [-0.15, -0.1) is 0 Å². The summed E-state index contributed by atoms with van der Waals surface area (Å²) in [6.45, 7) is 5.89. The second-order valence-electron chi connectivity index (χ2n) is 7.78. The molecule has 0 fully saturated rings. The molecule has 3 rings (SSSR count). The Balaban J connectivity index is 1.90. The van der Waals surface area contributed by atoms with E-state index < -0.39 is 10.0 Å². The van der Waals surface area contributed by atoms with Crippen LogP contribution in [0.3, 0.4) is 0 Å². The molecule has 168 valence electrons. The van der Waals surface area contributed by atoms with Crippen LogP contribution >= 0.6 is 0 Å². The monoisotopic (exact) mass is 450 g/mol. The van der Waals surface area contributed by atoms with Gasteiger partial charge in [-0.2, -0.15) is 4.31 Å². The second-order valence-corrected chi connectivity index (χ2v) is 9.72. The van der Waals surface area contributed by atoms with Crippen molar-refractivity contribution in [1.82, 2.24) is 4.31 Å². The van der Waals surface area contributed by atoms with Crippen molar-refractivity contribution in [3.8, 4) is 0 Å². The van der Waals surface area contributed by atoms with Gasteiger partial charge in [0, 0.05) is 12.2 Å². The Morgan fingerprint density at radius 2 is 1.44 bits per heavy atom. The summed E-state index contributed by atoms with van der Waals surface area (Å²) in [6.07, 6.45) is 1.55. The third-order valence-corrected chi connectivity index (χ3v) is 7.25. The van der Waals surface area contributed by atoms with Crippen molar-refractivity contribution in [3.05, 3.63) is 95.1 Å². The van der Waals surface area contributed by atoms with Gasteiger partial charge < -0.3 is 5.32 Å². The van der Waals surface area contributed by atoms with Crippen molar-refractivity contribution >= 4 is 21.6 Å². The summed E-state index contributed by atoms with van der Waals surface area (Å²) >= 11 is 0. The Morgan fingerprint density at radius 3 is 2.00 bits per heavy atom. The summed E-state index contributed by atoms with van der Waals surface area (Å²) < 4.78 is 28.0. The molecule has 0 aliphatic heterocycles. The van der Waals surface area contributed by atoms with E-state index in [0.29, 0.717) is 0 Å². The SMILES string of the molecule is CCc1cccc(CC)c1NC(=O)CN(Cc1ccc(C)cc1)S(=O)(=O)c1ccccc1. The lowest BCUT2D eigenvalue weighted by Gasteiger charge is -2.23. The lowest BCUT2D eigenvalue weighted by molar-refractivity contribution is -0.116. The van der Waals surface area contributed by atoms with Crippen LogP contribution in [0.25, 0.3) is 0 Å². The van der Waals surface area contributed by atoms with Crippen LogP contribution in [0.5, 0.6) is 0 Å². The molecule has 0 atom stereocenters. The minimum atomic E-state index is -3.86. The largest absolute Gasteiger partial charge is 0.324 e. The van der Waals surface area contributed by atoms with Gasteiger partial charge >= 0.3 is 0 Å². The topological polar surface area (TPSA) is 66.5 Å². The highest BCUT2D eigenvalue weighted by atomic mass is 32.2. The zero-order chi connectivity index (χ0) is 23.1. The summed E-state index contributed by atoms with van der Waals surface area (Å²) in [5.74, 6) is -0.354. The maximum absolute atomic E-state index is 13.4. The maximum atomic E-state index is 13.4. The highest BCUT2D eigenvalue weighted by molar-refractivity contribution is 7.89. The first-order chi connectivity index (χ1) is 15.3. The fourth-order valence-corrected chi connectivity index (χ4v) is 5.01. The molecule has 0 radical (unpaired) electrons. The number of sulfonamides is 1. The van der Waals surface area contributed by atoms with E-state index in [4.69, 9.17) is 0 Å². The number of nitrogens with one attached hydrogen (secondary N) is 1. The lowest BCUT2D eigenvalue weighted by atomic mass is 10.0. The Bertz CT molecular complexity index is 1140. The Labute approximate surface area is 191 Å². The predicted octanol–water partition coefficient (Wildman–Crippen LogP) is 4.95. The number of carbonyl (C=O) groups is 1. The molecule has 0 unspecified atom stereocenters. The van der Waals surface area contributed by atoms with Crippen molar-refractivity contribution in [1.29, 1.82) is 0 Å². The normalized spacial score (nSPS) is 11.5. The van der Waals surface area contributed by atoms with Gasteiger partial charge in [0.2, 0.25) is 15.9 Å². The van der Waals surface area contributed by atoms with Crippen molar-refractivity contribution in [2.45, 2.75) is 45.1 Å². The van der Waals surface area contributed by atoms with Gasteiger partial charge in [0.15, 0.2) is 0 Å². The van der Waals surface area contributed by atoms with E-state index in [1.54, 1.807) is 30.3 Å². The number of anilines is 1. The third kappa shape index (κ3) is 5.64. The van der Waals surface area contributed by atoms with Crippen LogP contribution in [0.15, 0.2) is 77.7 Å². The smallest absolute Gasteiger partial charge is 0.243 e. The summed E-state index contributed by atoms with van der Waals surface area (Å²) in [7, 11) is -3.86. The number of benzene rings is 3. The molecule has 0 bridgehead atoms. The van der Waals surface area contributed by atoms with Gasteiger partial charge in [-0.25, -0.2) is 8.42 Å². The van der Waals surface area contributed by atoms with Gasteiger partial charge in [-0.05, 0) is 48.6 Å². The van der Waals surface area contributed by atoms with Crippen molar-refractivity contribution in [2.75, 3.05) is 11.9 Å². The number of rotatable bonds is 9. The first-order valence-electron chi connectivity index (χ1n) is 10.9. The molecule has 0 spiro atoms. The van der Waals surface area contributed by atoms with Gasteiger partial charge in [0.25, 0.3) is 0 Å². The van der Waals surface area contributed by atoms with E-state index >= 15 is 0 Å². The van der Waals surface area contributed by atoms with E-state index in [0.717, 1.165) is 40.8 Å². The Kier molecular flexibility index (Phi) is 7.83. The lowest BCUT2D eigenvalue weighted by Crippen LogP contribution is -2.37. The molecule has 3 aromatic carbocycles. The molecule has 1 N–H and O–H groups in total. The number of aryl methyl sites for hydroxylation is 3. The molecular weight excluding hydrogens is 420 g/mol. The quantitative estimate of drug-likeness (QED) is 0.502. The zero-order valence-electron chi connectivity index (χ0n) is 18.8. The van der Waals surface area contributed by atoms with Crippen LogP contribution in [0.2, 0.25) is 0 Å². The Morgan fingerprint density at radius 1 is 0.844 bits per heavy atom. The molecule has 32 heavy (non-hydrogen) atoms. The van der Waals surface area contributed by atoms with Crippen molar-refractivity contribution in [2.24, 2.45) is 0 Å². The number of hydrogen-bond acceptors (Lipinski definition) is 3. The molecule has 6 heteroatoms. The minimum absolute atomic E-state index is 0.112. The predicted molar refractivity (Wildman–Crippen MR) is 129 cm³/mol. The number of para-hydroxylation sites is 1. The second kappa shape index (κ2) is 10.6. The van der Waals surface area contributed by atoms with Gasteiger partial charge in [-0.3, -0.25) is 4.79 Å². The van der Waals surface area contributed by atoms with E-state index in [9.17, 15) is 13.2 Å². The highest BCUT2D eigenvalue weighted by Crippen LogP contribution is 2.24. The molecule has 0 aliphatic rings. The van der Waals surface area contributed by atoms with Crippen LogP contribution < -0.4 is 5.32 Å². The van der Waals surface area contributed by atoms with Crippen molar-refractivity contribution in [3.63, 3.8) is 0 Å². The van der Waals surface area contributed by atoms with Gasteiger partial charge in [-0.1, -0.05) is 80.1 Å². The van der Waals surface area contributed by atoms with E-state index in [2.05, 4.69) is 5.32 Å². The van der Waals surface area contributed by atoms with Crippen LogP contribution in [0.1, 0.15) is 36.1 Å². The maximum Gasteiger partial charge on any atom is 0.243 e. The Hall–Kier alpha value is -2.96.